The summed E-state index contributed by atoms with van der Waals surface area (Å²) in [4.78, 5) is 3.89. The molecule has 3 aromatic rings. The highest BCUT2D eigenvalue weighted by molar-refractivity contribution is 7.92. The molecule has 1 aromatic heterocycles. The SMILES string of the molecule is C=C1/C=C(c2sc(C(C=NN)=CN)nc2-c2cccc(NS(=O)(=O)c3c(F)cccc3F)c2F)\C=C/CC=C1NC. The Kier molecular flexibility index (Phi) is 8.79. The van der Waals surface area contributed by atoms with Crippen molar-refractivity contribution in [3.05, 3.63) is 112 Å². The molecule has 2 aromatic carbocycles. The van der Waals surface area contributed by atoms with Gasteiger partial charge in [-0.2, -0.15) is 5.10 Å². The molecule has 0 spiro atoms. The van der Waals surface area contributed by atoms with Crippen LogP contribution in [0, 0.1) is 17.5 Å². The fourth-order valence-corrected chi connectivity index (χ4v) is 6.29. The van der Waals surface area contributed by atoms with Gasteiger partial charge in [-0.05, 0) is 47.9 Å². The molecule has 0 radical (unpaired) electrons. The third-order valence-corrected chi connectivity index (χ3v) is 8.49. The Morgan fingerprint density at radius 1 is 1.17 bits per heavy atom. The van der Waals surface area contributed by atoms with Crippen LogP contribution >= 0.6 is 11.3 Å². The van der Waals surface area contributed by atoms with E-state index in [9.17, 15) is 17.2 Å². The Morgan fingerprint density at radius 2 is 1.88 bits per heavy atom. The molecule has 0 amide bonds. The van der Waals surface area contributed by atoms with Crippen molar-refractivity contribution in [1.82, 2.24) is 10.3 Å². The molecule has 0 saturated heterocycles. The number of hydrogen-bond acceptors (Lipinski definition) is 8. The highest BCUT2D eigenvalue weighted by Gasteiger charge is 2.27. The average molecular weight is 599 g/mol. The maximum atomic E-state index is 16.0. The smallest absolute Gasteiger partial charge is 0.267 e. The number of rotatable bonds is 8. The number of thiazole rings is 1. The van der Waals surface area contributed by atoms with Crippen molar-refractivity contribution in [3.8, 4) is 11.3 Å². The number of nitrogens with one attached hydrogen (secondary N) is 2. The highest BCUT2D eigenvalue weighted by Crippen LogP contribution is 2.40. The van der Waals surface area contributed by atoms with Crippen LogP contribution in [0.25, 0.3) is 22.4 Å². The minimum Gasteiger partial charge on any atom is -0.404 e. The van der Waals surface area contributed by atoms with Gasteiger partial charge < -0.3 is 16.9 Å². The van der Waals surface area contributed by atoms with E-state index in [2.05, 4.69) is 22.0 Å². The molecule has 0 fully saturated rings. The predicted octanol–water partition coefficient (Wildman–Crippen LogP) is 5.28. The van der Waals surface area contributed by atoms with Crippen molar-refractivity contribution < 1.29 is 21.6 Å². The van der Waals surface area contributed by atoms with Crippen LogP contribution < -0.4 is 21.6 Å². The molecule has 1 aliphatic rings. The summed E-state index contributed by atoms with van der Waals surface area (Å²) in [7, 11) is -3.06. The second-order valence-corrected chi connectivity index (χ2v) is 11.2. The van der Waals surface area contributed by atoms with E-state index in [0.717, 1.165) is 30.0 Å². The van der Waals surface area contributed by atoms with E-state index in [0.29, 0.717) is 33.0 Å². The summed E-state index contributed by atoms with van der Waals surface area (Å²) in [6.07, 6.45) is 10.6. The molecule has 4 rings (SSSR count). The molecule has 41 heavy (non-hydrogen) atoms. The molecule has 1 aliphatic carbocycles. The first kappa shape index (κ1) is 29.4. The molecule has 8 nitrogen and oxygen atoms in total. The van der Waals surface area contributed by atoms with Crippen molar-refractivity contribution in [3.63, 3.8) is 0 Å². The van der Waals surface area contributed by atoms with Crippen LogP contribution in [-0.2, 0) is 10.0 Å². The molecule has 13 heteroatoms. The number of halogens is 3. The minimum absolute atomic E-state index is 0.0795. The lowest BCUT2D eigenvalue weighted by Crippen LogP contribution is -2.17. The van der Waals surface area contributed by atoms with E-state index in [-0.39, 0.29) is 11.3 Å². The lowest BCUT2D eigenvalue weighted by Gasteiger charge is -2.13. The lowest BCUT2D eigenvalue weighted by atomic mass is 10.0. The number of likely N-dealkylation sites (N-methyl/N-ethyl adjacent to an activating group) is 1. The summed E-state index contributed by atoms with van der Waals surface area (Å²) < 4.78 is 72.2. The van der Waals surface area contributed by atoms with Gasteiger partial charge in [-0.15, -0.1) is 11.3 Å². The van der Waals surface area contributed by atoms with Crippen LogP contribution in [-0.4, -0.2) is 26.7 Å². The Labute approximate surface area is 239 Å². The standard InChI is InChI=1S/C28H25F3N6O2S2/c1-16-13-17(7-3-4-11-22(16)34-2)26-25(36-28(40-26)18(14-32)15-35-33)19-8-5-12-23(24(19)31)37-41(38,39)27-20(29)9-6-10-21(27)30/h3,5-15,34,37H,1,4,32-33H2,2H3/b7-3-,17-13+,18-14?,22-11?,35-15?. The molecule has 0 unspecified atom stereocenters. The fraction of sp³-hybridized carbons (Fsp3) is 0.0714. The fourth-order valence-electron chi connectivity index (χ4n) is 4.03. The summed E-state index contributed by atoms with van der Waals surface area (Å²) in [5.74, 6) is 1.68. The highest BCUT2D eigenvalue weighted by atomic mass is 32.2. The van der Waals surface area contributed by atoms with E-state index < -0.39 is 38.1 Å². The summed E-state index contributed by atoms with van der Waals surface area (Å²) >= 11 is 1.18. The minimum atomic E-state index is -4.83. The van der Waals surface area contributed by atoms with Crippen LogP contribution in [0.5, 0.6) is 0 Å². The number of hydrogen-bond donors (Lipinski definition) is 4. The third kappa shape index (κ3) is 6.10. The zero-order valence-electron chi connectivity index (χ0n) is 21.7. The first-order valence-corrected chi connectivity index (χ1v) is 14.3. The van der Waals surface area contributed by atoms with Crippen LogP contribution in [0.1, 0.15) is 16.3 Å². The Hall–Kier alpha value is -4.62. The van der Waals surface area contributed by atoms with Gasteiger partial charge in [0.05, 0.1) is 22.5 Å². The number of sulfonamides is 1. The van der Waals surface area contributed by atoms with Gasteiger partial charge in [-0.3, -0.25) is 4.72 Å². The molecular formula is C28H25F3N6O2S2. The first-order chi connectivity index (χ1) is 19.6. The molecule has 212 valence electrons. The number of nitrogens with zero attached hydrogens (tertiary/aromatic N) is 2. The van der Waals surface area contributed by atoms with Gasteiger partial charge in [0.1, 0.15) is 16.6 Å². The normalized spacial score (nSPS) is 16.5. The van der Waals surface area contributed by atoms with E-state index in [1.165, 1.54) is 35.9 Å². The molecule has 1 heterocycles. The number of nitrogens with two attached hydrogens (primary N) is 2. The number of aromatic nitrogens is 1. The Bertz CT molecular complexity index is 1750. The maximum Gasteiger partial charge on any atom is 0.267 e. The zero-order chi connectivity index (χ0) is 29.7. The molecule has 0 atom stereocenters. The molecule has 0 aliphatic heterocycles. The second-order valence-electron chi connectivity index (χ2n) is 8.55. The van der Waals surface area contributed by atoms with Crippen LogP contribution in [0.3, 0.4) is 0 Å². The number of benzene rings is 2. The zero-order valence-corrected chi connectivity index (χ0v) is 23.3. The summed E-state index contributed by atoms with van der Waals surface area (Å²) in [6.45, 7) is 4.11. The molecular weight excluding hydrogens is 573 g/mol. The number of hydrazone groups is 1. The van der Waals surface area contributed by atoms with Crippen LogP contribution in [0.4, 0.5) is 18.9 Å². The van der Waals surface area contributed by atoms with Gasteiger partial charge in [-0.1, -0.05) is 36.9 Å². The molecule has 0 saturated carbocycles. The van der Waals surface area contributed by atoms with E-state index in [4.69, 9.17) is 11.6 Å². The van der Waals surface area contributed by atoms with Gasteiger partial charge in [0.25, 0.3) is 10.0 Å². The van der Waals surface area contributed by atoms with Crippen molar-refractivity contribution >= 4 is 44.4 Å². The average Bonchev–Trinajstić information content (AvgIpc) is 3.35. The second kappa shape index (κ2) is 12.3. The van der Waals surface area contributed by atoms with Crippen molar-refractivity contribution in [2.24, 2.45) is 16.7 Å². The largest absolute Gasteiger partial charge is 0.404 e. The number of allylic oxidation sites excluding steroid dienone is 6. The van der Waals surface area contributed by atoms with E-state index in [1.807, 2.05) is 23.0 Å². The maximum absolute atomic E-state index is 16.0. The summed E-state index contributed by atoms with van der Waals surface area (Å²) in [5.41, 5.74) is 7.79. The molecule has 0 bridgehead atoms. The summed E-state index contributed by atoms with van der Waals surface area (Å²) in [6, 6.07) is 6.53. The third-order valence-electron chi connectivity index (χ3n) is 5.92. The Balaban J connectivity index is 1.89. The predicted molar refractivity (Wildman–Crippen MR) is 158 cm³/mol. The first-order valence-electron chi connectivity index (χ1n) is 12.0. The summed E-state index contributed by atoms with van der Waals surface area (Å²) in [5, 5.41) is 6.95. The Morgan fingerprint density at radius 3 is 2.54 bits per heavy atom. The topological polar surface area (TPSA) is 135 Å². The van der Waals surface area contributed by atoms with Gasteiger partial charge in [0, 0.05) is 30.1 Å². The van der Waals surface area contributed by atoms with E-state index >= 15 is 4.39 Å². The van der Waals surface area contributed by atoms with Gasteiger partial charge in [-0.25, -0.2) is 26.6 Å². The lowest BCUT2D eigenvalue weighted by molar-refractivity contribution is 0.521. The monoisotopic (exact) mass is 598 g/mol. The number of anilines is 1. The van der Waals surface area contributed by atoms with E-state index in [1.54, 1.807) is 13.1 Å². The quantitative estimate of drug-likeness (QED) is 0.158. The molecule has 6 N–H and O–H groups in total. The van der Waals surface area contributed by atoms with Crippen molar-refractivity contribution in [1.29, 1.82) is 0 Å². The van der Waals surface area contributed by atoms with Crippen LogP contribution in [0.2, 0.25) is 0 Å². The van der Waals surface area contributed by atoms with Crippen LogP contribution in [0.15, 0.2) is 94.7 Å². The van der Waals surface area contributed by atoms with Gasteiger partial charge in [0.2, 0.25) is 0 Å². The van der Waals surface area contributed by atoms with Gasteiger partial charge >= 0.3 is 0 Å². The van der Waals surface area contributed by atoms with Crippen molar-refractivity contribution in [2.45, 2.75) is 11.3 Å². The van der Waals surface area contributed by atoms with Crippen molar-refractivity contribution in [2.75, 3.05) is 11.8 Å². The van der Waals surface area contributed by atoms with Gasteiger partial charge in [0.15, 0.2) is 10.7 Å².